The summed E-state index contributed by atoms with van der Waals surface area (Å²) in [7, 11) is 0. The van der Waals surface area contributed by atoms with Crippen LogP contribution < -0.4 is 0 Å². The summed E-state index contributed by atoms with van der Waals surface area (Å²) in [5.41, 5.74) is 17.8. The van der Waals surface area contributed by atoms with Gasteiger partial charge in [-0.1, -0.05) is 170 Å². The molecule has 0 N–H and O–H groups in total. The number of hydrogen-bond acceptors (Lipinski definition) is 5. The van der Waals surface area contributed by atoms with Gasteiger partial charge in [-0.3, -0.25) is 0 Å². The smallest absolute Gasteiger partial charge is 0.165 e. The van der Waals surface area contributed by atoms with Crippen LogP contribution in [0.2, 0.25) is 0 Å². The lowest BCUT2D eigenvalue weighted by atomic mass is 9.66. The summed E-state index contributed by atoms with van der Waals surface area (Å²) in [5, 5.41) is 4.99. The van der Waals surface area contributed by atoms with Gasteiger partial charge in [0.25, 0.3) is 0 Å². The van der Waals surface area contributed by atoms with E-state index in [0.29, 0.717) is 11.6 Å². The van der Waals surface area contributed by atoms with Gasteiger partial charge in [-0.25, -0.2) is 15.0 Å². The van der Waals surface area contributed by atoms with Crippen molar-refractivity contribution in [2.45, 2.75) is 43.3 Å². The SMILES string of the molecule is CC12CC=CC=C1C1=C(C3=Cc4ccccc4-c4cc(-c5ccc6c(c5)c5ccccc5n6-c5ccccc5)ccc4C3)C(C)(c3nc(-c4ccccc4)nc(-c4cccc5c4sc4ccccc45)n3)CC=C1S2. The van der Waals surface area contributed by atoms with E-state index < -0.39 is 5.41 Å². The maximum atomic E-state index is 5.69. The van der Waals surface area contributed by atoms with Gasteiger partial charge < -0.3 is 4.57 Å². The van der Waals surface area contributed by atoms with Gasteiger partial charge in [0, 0.05) is 57.4 Å². The van der Waals surface area contributed by atoms with Gasteiger partial charge in [-0.15, -0.1) is 23.1 Å². The van der Waals surface area contributed by atoms with Crippen LogP contribution in [0.5, 0.6) is 0 Å². The Hall–Kier alpha value is -8.16. The number of fused-ring (bicyclic) bond motifs is 12. The van der Waals surface area contributed by atoms with Gasteiger partial charge in [0.05, 0.1) is 16.4 Å². The zero-order valence-corrected chi connectivity index (χ0v) is 42.6. The van der Waals surface area contributed by atoms with Crippen molar-refractivity contribution in [1.29, 1.82) is 0 Å². The molecular formula is C68H48N4S2. The van der Waals surface area contributed by atoms with Gasteiger partial charge in [-0.2, -0.15) is 0 Å². The molecule has 3 aromatic heterocycles. The molecule has 1 fully saturated rings. The Labute approximate surface area is 438 Å². The van der Waals surface area contributed by atoms with Gasteiger partial charge in [0.2, 0.25) is 0 Å². The zero-order valence-electron chi connectivity index (χ0n) is 41.0. The van der Waals surface area contributed by atoms with Gasteiger partial charge in [0.15, 0.2) is 11.6 Å². The first-order valence-corrected chi connectivity index (χ1v) is 27.3. The summed E-state index contributed by atoms with van der Waals surface area (Å²) >= 11 is 3.85. The number of benzene rings is 8. The molecule has 11 aromatic rings. The number of thiophene rings is 1. The predicted octanol–water partition coefficient (Wildman–Crippen LogP) is 17.9. The molecule has 2 atom stereocenters. The van der Waals surface area contributed by atoms with E-state index in [9.17, 15) is 0 Å². The van der Waals surface area contributed by atoms with E-state index >= 15 is 0 Å². The number of hydrogen-bond donors (Lipinski definition) is 0. The summed E-state index contributed by atoms with van der Waals surface area (Å²) in [5.74, 6) is 2.19. The molecule has 15 rings (SSSR count). The number of nitrogens with zero attached hydrogens (tertiary/aromatic N) is 4. The maximum Gasteiger partial charge on any atom is 0.165 e. The number of para-hydroxylation sites is 2. The van der Waals surface area contributed by atoms with Crippen LogP contribution in [0.25, 0.3) is 98.8 Å². The Morgan fingerprint density at radius 2 is 1.27 bits per heavy atom. The molecule has 0 saturated carbocycles. The lowest BCUT2D eigenvalue weighted by Gasteiger charge is -2.37. The van der Waals surface area contributed by atoms with Crippen molar-refractivity contribution in [2.24, 2.45) is 0 Å². The first-order chi connectivity index (χ1) is 36.4. The van der Waals surface area contributed by atoms with E-state index in [1.807, 2.05) is 23.1 Å². The second-order valence-corrected chi connectivity index (χ2v) is 23.2. The minimum atomic E-state index is -0.624. The molecule has 74 heavy (non-hydrogen) atoms. The van der Waals surface area contributed by atoms with Gasteiger partial charge in [0.1, 0.15) is 5.82 Å². The van der Waals surface area contributed by atoms with Crippen LogP contribution in [0.4, 0.5) is 0 Å². The molecule has 0 amide bonds. The fraction of sp³-hybridized carbons (Fsp3) is 0.103. The van der Waals surface area contributed by atoms with E-state index in [1.165, 1.54) is 108 Å². The van der Waals surface area contributed by atoms with Crippen molar-refractivity contribution < 1.29 is 0 Å². The average Bonchev–Trinajstić information content (AvgIpc) is 4.07. The highest BCUT2D eigenvalue weighted by atomic mass is 32.2. The normalized spacial score (nSPS) is 19.0. The van der Waals surface area contributed by atoms with Crippen molar-refractivity contribution in [2.75, 3.05) is 0 Å². The Balaban J connectivity index is 0.918. The molecule has 4 nitrogen and oxygen atoms in total. The highest BCUT2D eigenvalue weighted by molar-refractivity contribution is 8.05. The number of rotatable bonds is 6. The minimum Gasteiger partial charge on any atom is -0.309 e. The average molecular weight is 985 g/mol. The van der Waals surface area contributed by atoms with Crippen molar-refractivity contribution in [3.63, 3.8) is 0 Å². The summed E-state index contributed by atoms with van der Waals surface area (Å²) in [6.07, 6.45) is 14.5. The van der Waals surface area contributed by atoms with Crippen LogP contribution in [0.1, 0.15) is 43.6 Å². The molecule has 1 aliphatic heterocycles. The topological polar surface area (TPSA) is 43.6 Å². The highest BCUT2D eigenvalue weighted by Gasteiger charge is 2.49. The fourth-order valence-corrected chi connectivity index (χ4v) is 15.1. The van der Waals surface area contributed by atoms with Crippen LogP contribution in [0.15, 0.2) is 240 Å². The minimum absolute atomic E-state index is 0.0762. The van der Waals surface area contributed by atoms with Crippen molar-refractivity contribution in [3.8, 4) is 50.7 Å². The zero-order chi connectivity index (χ0) is 49.1. The van der Waals surface area contributed by atoms with Crippen LogP contribution in [-0.4, -0.2) is 24.3 Å². The number of allylic oxidation sites excluding steroid dienone is 7. The second kappa shape index (κ2) is 16.7. The Kier molecular flexibility index (Phi) is 9.79. The van der Waals surface area contributed by atoms with Gasteiger partial charge >= 0.3 is 0 Å². The summed E-state index contributed by atoms with van der Waals surface area (Å²) in [6.45, 7) is 4.83. The molecular weight excluding hydrogens is 937 g/mol. The summed E-state index contributed by atoms with van der Waals surface area (Å²) < 4.78 is 4.77. The van der Waals surface area contributed by atoms with Crippen LogP contribution >= 0.6 is 23.1 Å². The van der Waals surface area contributed by atoms with E-state index in [2.05, 4.69) is 237 Å². The largest absolute Gasteiger partial charge is 0.309 e. The Morgan fingerprint density at radius 3 is 2.16 bits per heavy atom. The predicted molar refractivity (Wildman–Crippen MR) is 312 cm³/mol. The summed E-state index contributed by atoms with van der Waals surface area (Å²) in [6, 6.07) is 68.5. The lowest BCUT2D eigenvalue weighted by molar-refractivity contribution is 0.519. The van der Waals surface area contributed by atoms with Gasteiger partial charge in [-0.05, 0) is 137 Å². The molecule has 4 heterocycles. The molecule has 0 bridgehead atoms. The van der Waals surface area contributed by atoms with Crippen LogP contribution in [-0.2, 0) is 11.8 Å². The number of aromatic nitrogens is 4. The highest BCUT2D eigenvalue weighted by Crippen LogP contribution is 2.62. The third-order valence-corrected chi connectivity index (χ3v) is 18.7. The van der Waals surface area contributed by atoms with Crippen LogP contribution in [0, 0.1) is 0 Å². The molecule has 1 saturated heterocycles. The van der Waals surface area contributed by atoms with E-state index in [1.54, 1.807) is 0 Å². The third-order valence-electron chi connectivity index (χ3n) is 16.0. The molecule has 0 radical (unpaired) electrons. The fourth-order valence-electron chi connectivity index (χ4n) is 12.4. The van der Waals surface area contributed by atoms with Crippen molar-refractivity contribution in [3.05, 3.63) is 257 Å². The monoisotopic (exact) mass is 984 g/mol. The van der Waals surface area contributed by atoms with E-state index in [-0.39, 0.29) is 4.75 Å². The first kappa shape index (κ1) is 43.4. The third kappa shape index (κ3) is 6.71. The molecule has 352 valence electrons. The van der Waals surface area contributed by atoms with Crippen LogP contribution in [0.3, 0.4) is 0 Å². The van der Waals surface area contributed by atoms with Crippen molar-refractivity contribution >= 4 is 71.2 Å². The second-order valence-electron chi connectivity index (χ2n) is 20.6. The first-order valence-electron chi connectivity index (χ1n) is 25.7. The number of thioether (sulfide) groups is 1. The molecule has 8 aromatic carbocycles. The maximum absolute atomic E-state index is 5.69. The molecule has 0 spiro atoms. The Bertz CT molecular complexity index is 4340. The molecule has 2 unspecified atom stereocenters. The molecule has 6 heteroatoms. The standard InChI is InChI=1S/C68H48N4S2/c1-67(66-70-64(42-18-5-3-6-19-42)69-65(71-66)53-27-17-26-52-51-25-12-14-30-59(51)73-63(52)53)37-35-60-61(56-28-15-16-36-68(56,2)74-60)62(67)47-38-45-20-9-10-23-49(45)54-40-43(31-32-46(54)39-47)44-33-34-58-55(41-44)50-24-11-13-29-57(50)72(58)48-21-7-4-8-22-48/h3-35,38,40-41H,36-37,39H2,1-2H3. The molecule has 3 aliphatic carbocycles. The van der Waals surface area contributed by atoms with E-state index in [4.69, 9.17) is 15.0 Å². The molecule has 4 aliphatic rings. The summed E-state index contributed by atoms with van der Waals surface area (Å²) in [4.78, 5) is 18.0. The quantitative estimate of drug-likeness (QED) is 0.167. The van der Waals surface area contributed by atoms with Crippen molar-refractivity contribution in [1.82, 2.24) is 19.5 Å². The van der Waals surface area contributed by atoms with E-state index in [0.717, 1.165) is 36.2 Å². The Morgan fingerprint density at radius 1 is 0.554 bits per heavy atom. The lowest BCUT2D eigenvalue weighted by Crippen LogP contribution is -2.33.